The maximum absolute atomic E-state index is 12.0. The summed E-state index contributed by atoms with van der Waals surface area (Å²) in [6, 6.07) is 1.94. The SMILES string of the molecule is CCOC(=O)C=C(Nc1cc(C2CCC2)nn1C(C)(C)C)C(=O)OC. The van der Waals surface area contributed by atoms with Crippen LogP contribution < -0.4 is 5.32 Å². The number of carbonyl (C=O) groups excluding carboxylic acids is 2. The monoisotopic (exact) mass is 349 g/mol. The third-order valence-electron chi connectivity index (χ3n) is 4.10. The van der Waals surface area contributed by atoms with Gasteiger partial charge in [-0.25, -0.2) is 14.3 Å². The van der Waals surface area contributed by atoms with E-state index in [1.54, 1.807) is 6.92 Å². The molecule has 7 heteroatoms. The fraction of sp³-hybridized carbons (Fsp3) is 0.611. The molecule has 0 unspecified atom stereocenters. The van der Waals surface area contributed by atoms with Crippen LogP contribution in [0.15, 0.2) is 17.8 Å². The number of aromatic nitrogens is 2. The van der Waals surface area contributed by atoms with Crippen molar-refractivity contribution < 1.29 is 19.1 Å². The Kier molecular flexibility index (Phi) is 5.87. The average Bonchev–Trinajstić information content (AvgIpc) is 2.87. The number of ether oxygens (including phenoxy) is 2. The topological polar surface area (TPSA) is 82.5 Å². The van der Waals surface area contributed by atoms with Gasteiger partial charge < -0.3 is 14.8 Å². The van der Waals surface area contributed by atoms with Crippen molar-refractivity contribution in [2.75, 3.05) is 19.0 Å². The lowest BCUT2D eigenvalue weighted by Gasteiger charge is -2.24. The van der Waals surface area contributed by atoms with Crippen LogP contribution in [0.3, 0.4) is 0 Å². The van der Waals surface area contributed by atoms with Crippen LogP contribution in [0, 0.1) is 0 Å². The van der Waals surface area contributed by atoms with E-state index >= 15 is 0 Å². The lowest BCUT2D eigenvalue weighted by molar-refractivity contribution is -0.139. The number of anilines is 1. The highest BCUT2D eigenvalue weighted by Gasteiger charge is 2.27. The maximum Gasteiger partial charge on any atom is 0.354 e. The molecule has 0 spiro atoms. The molecule has 138 valence electrons. The third-order valence-corrected chi connectivity index (χ3v) is 4.10. The summed E-state index contributed by atoms with van der Waals surface area (Å²) in [5.74, 6) is -0.133. The van der Waals surface area contributed by atoms with Gasteiger partial charge >= 0.3 is 11.9 Å². The Morgan fingerprint density at radius 3 is 2.56 bits per heavy atom. The summed E-state index contributed by atoms with van der Waals surface area (Å²) < 4.78 is 11.5. The first kappa shape index (κ1) is 19.0. The van der Waals surface area contributed by atoms with Crippen LogP contribution in [0.2, 0.25) is 0 Å². The normalized spacial score (nSPS) is 15.5. The molecule has 0 atom stereocenters. The summed E-state index contributed by atoms with van der Waals surface area (Å²) in [5, 5.41) is 7.72. The van der Waals surface area contributed by atoms with Gasteiger partial charge in [-0.2, -0.15) is 5.10 Å². The minimum absolute atomic E-state index is 0.0199. The predicted molar refractivity (Wildman–Crippen MR) is 94.2 cm³/mol. The van der Waals surface area contributed by atoms with Gasteiger partial charge in [0.1, 0.15) is 11.5 Å². The summed E-state index contributed by atoms with van der Waals surface area (Å²) >= 11 is 0. The first-order valence-corrected chi connectivity index (χ1v) is 8.60. The third kappa shape index (κ3) is 4.61. The zero-order chi connectivity index (χ0) is 18.6. The van der Waals surface area contributed by atoms with E-state index in [0.717, 1.165) is 24.6 Å². The molecule has 1 aromatic heterocycles. The van der Waals surface area contributed by atoms with Crippen molar-refractivity contribution in [2.45, 2.75) is 58.4 Å². The summed E-state index contributed by atoms with van der Waals surface area (Å²) in [5.41, 5.74) is 0.741. The molecule has 25 heavy (non-hydrogen) atoms. The fourth-order valence-corrected chi connectivity index (χ4v) is 2.60. The Morgan fingerprint density at radius 2 is 2.08 bits per heavy atom. The molecule has 1 aliphatic carbocycles. The Labute approximate surface area is 148 Å². The van der Waals surface area contributed by atoms with Gasteiger partial charge in [-0.1, -0.05) is 6.42 Å². The lowest BCUT2D eigenvalue weighted by Crippen LogP contribution is -2.27. The second-order valence-corrected chi connectivity index (χ2v) is 7.09. The maximum atomic E-state index is 12.0. The molecular formula is C18H27N3O4. The van der Waals surface area contributed by atoms with Crippen LogP contribution in [0.5, 0.6) is 0 Å². The zero-order valence-electron chi connectivity index (χ0n) is 15.6. The van der Waals surface area contributed by atoms with Gasteiger partial charge in [-0.05, 0) is 40.5 Å². The average molecular weight is 349 g/mol. The molecule has 2 rings (SSSR count). The van der Waals surface area contributed by atoms with E-state index in [4.69, 9.17) is 14.6 Å². The standard InChI is InChI=1S/C18H27N3O4/c1-6-25-16(22)11-14(17(23)24-5)19-15-10-13(12-8-7-9-12)20-21(15)18(2,3)4/h10-12,19H,6-9H2,1-5H3. The molecule has 1 heterocycles. The minimum Gasteiger partial charge on any atom is -0.464 e. The molecule has 0 aromatic carbocycles. The van der Waals surface area contributed by atoms with Crippen LogP contribution >= 0.6 is 0 Å². The van der Waals surface area contributed by atoms with Crippen molar-refractivity contribution in [3.63, 3.8) is 0 Å². The van der Waals surface area contributed by atoms with Gasteiger partial charge in [0.25, 0.3) is 0 Å². The van der Waals surface area contributed by atoms with Gasteiger partial charge in [0.15, 0.2) is 0 Å². The number of esters is 2. The Hall–Kier alpha value is -2.31. The Bertz CT molecular complexity index is 666. The smallest absolute Gasteiger partial charge is 0.354 e. The Morgan fingerprint density at radius 1 is 1.40 bits per heavy atom. The number of carbonyl (C=O) groups is 2. The molecule has 7 nitrogen and oxygen atoms in total. The van der Waals surface area contributed by atoms with Gasteiger partial charge in [0.05, 0.1) is 31.0 Å². The molecule has 0 aliphatic heterocycles. The van der Waals surface area contributed by atoms with Crippen LogP contribution in [0.1, 0.15) is 58.6 Å². The molecule has 1 saturated carbocycles. The highest BCUT2D eigenvalue weighted by Crippen LogP contribution is 2.37. The summed E-state index contributed by atoms with van der Waals surface area (Å²) in [6.07, 6.45) is 4.58. The summed E-state index contributed by atoms with van der Waals surface area (Å²) in [4.78, 5) is 23.8. The fourth-order valence-electron chi connectivity index (χ4n) is 2.60. The van der Waals surface area contributed by atoms with Gasteiger partial charge in [0.2, 0.25) is 0 Å². The summed E-state index contributed by atoms with van der Waals surface area (Å²) in [6.45, 7) is 8.03. The molecule has 1 aliphatic rings. The number of hydrogen-bond acceptors (Lipinski definition) is 6. The molecule has 1 aromatic rings. The first-order chi connectivity index (χ1) is 11.8. The quantitative estimate of drug-likeness (QED) is 0.628. The van der Waals surface area contributed by atoms with Crippen LogP contribution in [-0.2, 0) is 24.6 Å². The van der Waals surface area contributed by atoms with Gasteiger partial charge in [-0.3, -0.25) is 0 Å². The van der Waals surface area contributed by atoms with E-state index in [1.807, 2.05) is 31.5 Å². The molecule has 0 amide bonds. The molecule has 0 bridgehead atoms. The molecule has 0 radical (unpaired) electrons. The minimum atomic E-state index is -0.639. The van der Waals surface area contributed by atoms with Crippen LogP contribution in [0.25, 0.3) is 0 Å². The highest BCUT2D eigenvalue weighted by atomic mass is 16.5. The van der Waals surface area contributed by atoms with Crippen molar-refractivity contribution in [2.24, 2.45) is 0 Å². The van der Waals surface area contributed by atoms with E-state index in [9.17, 15) is 9.59 Å². The van der Waals surface area contributed by atoms with Gasteiger partial charge in [-0.15, -0.1) is 0 Å². The largest absolute Gasteiger partial charge is 0.464 e. The van der Waals surface area contributed by atoms with E-state index < -0.39 is 11.9 Å². The van der Waals surface area contributed by atoms with Crippen molar-refractivity contribution in [1.29, 1.82) is 0 Å². The highest BCUT2D eigenvalue weighted by molar-refractivity contribution is 5.98. The number of nitrogens with one attached hydrogen (secondary N) is 1. The zero-order valence-corrected chi connectivity index (χ0v) is 15.6. The van der Waals surface area contributed by atoms with E-state index in [0.29, 0.717) is 11.7 Å². The van der Waals surface area contributed by atoms with E-state index in [1.165, 1.54) is 13.5 Å². The van der Waals surface area contributed by atoms with E-state index in [-0.39, 0.29) is 17.8 Å². The second kappa shape index (κ2) is 7.72. The first-order valence-electron chi connectivity index (χ1n) is 8.60. The van der Waals surface area contributed by atoms with Crippen molar-refractivity contribution >= 4 is 17.8 Å². The van der Waals surface area contributed by atoms with Crippen molar-refractivity contribution in [3.05, 3.63) is 23.5 Å². The van der Waals surface area contributed by atoms with Crippen LogP contribution in [-0.4, -0.2) is 35.4 Å². The number of methoxy groups -OCH3 is 1. The number of rotatable bonds is 6. The molecule has 1 N–H and O–H groups in total. The molecular weight excluding hydrogens is 322 g/mol. The van der Waals surface area contributed by atoms with Gasteiger partial charge in [0, 0.05) is 12.0 Å². The lowest BCUT2D eigenvalue weighted by atomic mass is 9.83. The molecule has 0 saturated heterocycles. The van der Waals surface area contributed by atoms with Crippen molar-refractivity contribution in [1.82, 2.24) is 9.78 Å². The number of hydrogen-bond donors (Lipinski definition) is 1. The second-order valence-electron chi connectivity index (χ2n) is 7.09. The molecule has 1 fully saturated rings. The van der Waals surface area contributed by atoms with E-state index in [2.05, 4.69) is 5.32 Å². The van der Waals surface area contributed by atoms with Crippen LogP contribution in [0.4, 0.5) is 5.82 Å². The summed E-state index contributed by atoms with van der Waals surface area (Å²) in [7, 11) is 1.27. The predicted octanol–water partition coefficient (Wildman–Crippen LogP) is 2.94. The number of nitrogens with zero attached hydrogens (tertiary/aromatic N) is 2. The van der Waals surface area contributed by atoms with Crippen molar-refractivity contribution in [3.8, 4) is 0 Å². The Balaban J connectivity index is 2.35.